The molecule has 2 saturated heterocycles. The summed E-state index contributed by atoms with van der Waals surface area (Å²) in [4.78, 5) is 38.4. The number of fused-ring (bicyclic) bond motifs is 1. The molecule has 5 heterocycles. The number of hydrogen-bond donors (Lipinski definition) is 3. The summed E-state index contributed by atoms with van der Waals surface area (Å²) < 4.78 is 7.30. The van der Waals surface area contributed by atoms with Gasteiger partial charge in [-0.3, -0.25) is 4.79 Å². The van der Waals surface area contributed by atoms with Crippen LogP contribution in [0.5, 0.6) is 0 Å². The van der Waals surface area contributed by atoms with Crippen molar-refractivity contribution in [3.8, 4) is 11.1 Å². The molecular formula is C31H35N7O4. The number of carbonyl (C=O) groups is 2. The summed E-state index contributed by atoms with van der Waals surface area (Å²) in [6.07, 6.45) is 8.86. The normalized spacial score (nSPS) is 16.0. The summed E-state index contributed by atoms with van der Waals surface area (Å²) in [7, 11) is 0. The van der Waals surface area contributed by atoms with Gasteiger partial charge in [0.05, 0.1) is 24.5 Å². The van der Waals surface area contributed by atoms with Gasteiger partial charge in [-0.1, -0.05) is 12.1 Å². The average Bonchev–Trinajstić information content (AvgIpc) is 3.52. The standard InChI is InChI=1S/C31H35N7O4/c1-21-25(3-2-4-26(21)35-31(41)37-10-7-22(20-39)8-11-37)24-17-27(29-32-9-12-38(29)19-24)34-28-6-5-23(18-33-28)30(40)36-13-15-42-16-14-36/h2-6,9,12,17-19,22,39H,7-8,10-11,13-16,20H2,1H3,(H,33,34)(H,35,41). The van der Waals surface area contributed by atoms with Crippen LogP contribution in [0, 0.1) is 12.8 Å². The molecular weight excluding hydrogens is 534 g/mol. The zero-order chi connectivity index (χ0) is 29.1. The number of aliphatic hydroxyl groups is 1. The topological polar surface area (TPSA) is 124 Å². The first-order valence-electron chi connectivity index (χ1n) is 14.3. The van der Waals surface area contributed by atoms with Crippen LogP contribution in [0.4, 0.5) is 22.0 Å². The number of anilines is 3. The molecule has 218 valence electrons. The number of amides is 3. The number of imidazole rings is 1. The molecule has 4 aromatic rings. The summed E-state index contributed by atoms with van der Waals surface area (Å²) in [6, 6.07) is 11.4. The van der Waals surface area contributed by atoms with Crippen molar-refractivity contribution in [3.63, 3.8) is 0 Å². The third-order valence-electron chi connectivity index (χ3n) is 8.11. The van der Waals surface area contributed by atoms with E-state index in [0.29, 0.717) is 50.8 Å². The van der Waals surface area contributed by atoms with E-state index < -0.39 is 0 Å². The number of rotatable bonds is 6. The average molecular weight is 570 g/mol. The lowest BCUT2D eigenvalue weighted by atomic mass is 9.98. The Hall–Kier alpha value is -4.48. The van der Waals surface area contributed by atoms with Gasteiger partial charge in [0.2, 0.25) is 0 Å². The van der Waals surface area contributed by atoms with Gasteiger partial charge in [-0.15, -0.1) is 0 Å². The van der Waals surface area contributed by atoms with Crippen LogP contribution >= 0.6 is 0 Å². The minimum absolute atomic E-state index is 0.0490. The number of hydrogen-bond acceptors (Lipinski definition) is 7. The number of piperidine rings is 1. The van der Waals surface area contributed by atoms with Gasteiger partial charge in [-0.25, -0.2) is 14.8 Å². The highest BCUT2D eigenvalue weighted by Crippen LogP contribution is 2.33. The lowest BCUT2D eigenvalue weighted by molar-refractivity contribution is 0.0302. The maximum absolute atomic E-state index is 13.0. The first-order chi connectivity index (χ1) is 20.5. The van der Waals surface area contributed by atoms with Crippen LogP contribution in [0.3, 0.4) is 0 Å². The van der Waals surface area contributed by atoms with E-state index in [1.165, 1.54) is 0 Å². The molecule has 6 rings (SSSR count). The number of nitrogens with one attached hydrogen (secondary N) is 2. The van der Waals surface area contributed by atoms with E-state index in [1.807, 2.05) is 52.9 Å². The molecule has 2 fully saturated rings. The number of likely N-dealkylation sites (tertiary alicyclic amines) is 1. The lowest BCUT2D eigenvalue weighted by Gasteiger charge is -2.31. The van der Waals surface area contributed by atoms with E-state index in [1.54, 1.807) is 29.4 Å². The van der Waals surface area contributed by atoms with Crippen molar-refractivity contribution in [2.45, 2.75) is 19.8 Å². The number of carbonyl (C=O) groups excluding carboxylic acids is 2. The van der Waals surface area contributed by atoms with Crippen molar-refractivity contribution >= 4 is 34.8 Å². The van der Waals surface area contributed by atoms with Crippen molar-refractivity contribution in [2.75, 3.05) is 56.6 Å². The Kier molecular flexibility index (Phi) is 8.02. The van der Waals surface area contributed by atoms with Crippen LogP contribution in [-0.2, 0) is 4.74 Å². The van der Waals surface area contributed by atoms with Gasteiger partial charge >= 0.3 is 6.03 Å². The highest BCUT2D eigenvalue weighted by atomic mass is 16.5. The zero-order valence-corrected chi connectivity index (χ0v) is 23.6. The number of aliphatic hydroxyl groups excluding tert-OH is 1. The van der Waals surface area contributed by atoms with Crippen molar-refractivity contribution in [1.29, 1.82) is 0 Å². The maximum atomic E-state index is 13.0. The molecule has 11 heteroatoms. The molecule has 2 aliphatic rings. The number of morpholine rings is 1. The Balaban J connectivity index is 1.22. The van der Waals surface area contributed by atoms with Gasteiger partial charge in [-0.2, -0.15) is 0 Å². The Labute approximate surface area is 244 Å². The molecule has 1 aromatic carbocycles. The third-order valence-corrected chi connectivity index (χ3v) is 8.11. The number of nitrogens with zero attached hydrogens (tertiary/aromatic N) is 5. The van der Waals surface area contributed by atoms with Gasteiger partial charge in [0.15, 0.2) is 5.65 Å². The molecule has 0 radical (unpaired) electrons. The number of benzene rings is 1. The molecule has 0 atom stereocenters. The molecule has 0 unspecified atom stereocenters. The summed E-state index contributed by atoms with van der Waals surface area (Å²) in [5.74, 6) is 0.816. The molecule has 11 nitrogen and oxygen atoms in total. The molecule has 0 spiro atoms. The van der Waals surface area contributed by atoms with E-state index in [2.05, 4.69) is 20.6 Å². The Bertz CT molecular complexity index is 1570. The molecule has 3 N–H and O–H groups in total. The second kappa shape index (κ2) is 12.2. The fraction of sp³-hybridized carbons (Fsp3) is 0.355. The first-order valence-corrected chi connectivity index (χ1v) is 14.3. The van der Waals surface area contributed by atoms with Gasteiger partial charge in [0, 0.05) is 68.8 Å². The Morgan fingerprint density at radius 2 is 1.83 bits per heavy atom. The Morgan fingerprint density at radius 1 is 1.02 bits per heavy atom. The molecule has 3 aromatic heterocycles. The second-order valence-corrected chi connectivity index (χ2v) is 10.8. The van der Waals surface area contributed by atoms with Crippen molar-refractivity contribution < 1.29 is 19.4 Å². The maximum Gasteiger partial charge on any atom is 0.321 e. The predicted molar refractivity (Wildman–Crippen MR) is 160 cm³/mol. The van der Waals surface area contributed by atoms with Crippen LogP contribution in [0.2, 0.25) is 0 Å². The Morgan fingerprint density at radius 3 is 2.57 bits per heavy atom. The largest absolute Gasteiger partial charge is 0.396 e. The molecule has 3 amide bonds. The predicted octanol–water partition coefficient (Wildman–Crippen LogP) is 4.16. The van der Waals surface area contributed by atoms with E-state index in [-0.39, 0.29) is 24.5 Å². The van der Waals surface area contributed by atoms with Crippen LogP contribution < -0.4 is 10.6 Å². The summed E-state index contributed by atoms with van der Waals surface area (Å²) in [5, 5.41) is 15.9. The number of aromatic nitrogens is 3. The summed E-state index contributed by atoms with van der Waals surface area (Å²) in [6.45, 7) is 5.71. The number of pyridine rings is 2. The molecule has 0 saturated carbocycles. The minimum Gasteiger partial charge on any atom is -0.396 e. The second-order valence-electron chi connectivity index (χ2n) is 10.8. The number of ether oxygens (including phenoxy) is 1. The van der Waals surface area contributed by atoms with Crippen LogP contribution in [0.15, 0.2) is 61.2 Å². The molecule has 0 aliphatic carbocycles. The van der Waals surface area contributed by atoms with E-state index in [4.69, 9.17) is 4.74 Å². The third kappa shape index (κ3) is 5.79. The van der Waals surface area contributed by atoms with Crippen molar-refractivity contribution in [2.24, 2.45) is 5.92 Å². The van der Waals surface area contributed by atoms with Gasteiger partial charge in [0.1, 0.15) is 5.82 Å². The molecule has 0 bridgehead atoms. The quantitative estimate of drug-likeness (QED) is 0.319. The summed E-state index contributed by atoms with van der Waals surface area (Å²) >= 11 is 0. The van der Waals surface area contributed by atoms with Gasteiger partial charge < -0.3 is 34.7 Å². The van der Waals surface area contributed by atoms with Crippen LogP contribution in [0.25, 0.3) is 16.8 Å². The SMILES string of the molecule is Cc1c(NC(=O)N2CCC(CO)CC2)cccc1-c1cc(Nc2ccc(C(=O)N3CCOCC3)cn2)c2nccn2c1. The number of urea groups is 1. The molecule has 42 heavy (non-hydrogen) atoms. The van der Waals surface area contributed by atoms with E-state index in [9.17, 15) is 14.7 Å². The van der Waals surface area contributed by atoms with Crippen LogP contribution in [-0.4, -0.2) is 87.2 Å². The summed E-state index contributed by atoms with van der Waals surface area (Å²) in [5.41, 5.74) is 5.66. The fourth-order valence-corrected chi connectivity index (χ4v) is 5.55. The first kappa shape index (κ1) is 27.7. The van der Waals surface area contributed by atoms with Crippen molar-refractivity contribution in [3.05, 3.63) is 72.3 Å². The smallest absolute Gasteiger partial charge is 0.321 e. The van der Waals surface area contributed by atoms with Crippen LogP contribution in [0.1, 0.15) is 28.8 Å². The fourth-order valence-electron chi connectivity index (χ4n) is 5.55. The highest BCUT2D eigenvalue weighted by Gasteiger charge is 2.23. The zero-order valence-electron chi connectivity index (χ0n) is 23.6. The van der Waals surface area contributed by atoms with Crippen molar-refractivity contribution in [1.82, 2.24) is 24.2 Å². The van der Waals surface area contributed by atoms with Gasteiger partial charge in [0.25, 0.3) is 5.91 Å². The van der Waals surface area contributed by atoms with E-state index >= 15 is 0 Å². The highest BCUT2D eigenvalue weighted by molar-refractivity contribution is 5.94. The lowest BCUT2D eigenvalue weighted by Crippen LogP contribution is -2.41. The molecule has 2 aliphatic heterocycles. The minimum atomic E-state index is -0.124. The van der Waals surface area contributed by atoms with E-state index in [0.717, 1.165) is 46.6 Å². The monoisotopic (exact) mass is 569 g/mol. The van der Waals surface area contributed by atoms with Gasteiger partial charge in [-0.05, 0) is 61.1 Å².